The summed E-state index contributed by atoms with van der Waals surface area (Å²) < 4.78 is 6.21. The van der Waals surface area contributed by atoms with Gasteiger partial charge in [-0.1, -0.05) is 5.21 Å². The number of nitrogens with zero attached hydrogens (tertiary/aromatic N) is 3. The minimum atomic E-state index is -0.452. The first-order chi connectivity index (χ1) is 7.19. The highest BCUT2D eigenvalue weighted by atomic mass is 35.5. The van der Waals surface area contributed by atoms with Crippen molar-refractivity contribution in [3.05, 3.63) is 11.9 Å². The van der Waals surface area contributed by atoms with Crippen LogP contribution in [0.5, 0.6) is 0 Å². The van der Waals surface area contributed by atoms with Gasteiger partial charge in [0.2, 0.25) is 0 Å². The van der Waals surface area contributed by atoms with Crippen LogP contribution in [0.3, 0.4) is 0 Å². The third-order valence-electron chi connectivity index (χ3n) is 2.65. The van der Waals surface area contributed by atoms with Crippen LogP contribution in [0, 0.1) is 5.92 Å². The molecule has 16 heavy (non-hydrogen) atoms. The van der Waals surface area contributed by atoms with Gasteiger partial charge in [0.15, 0.2) is 5.69 Å². The molecule has 2 rings (SSSR count). The fourth-order valence-electron chi connectivity index (χ4n) is 1.79. The quantitative estimate of drug-likeness (QED) is 0.772. The third kappa shape index (κ3) is 2.70. The minimum absolute atomic E-state index is 0. The molecule has 1 heterocycles. The lowest BCUT2D eigenvalue weighted by Gasteiger charge is -2.31. The number of nitrogens with two attached hydrogens (primary N) is 1. The highest BCUT2D eigenvalue weighted by Crippen LogP contribution is 2.26. The highest BCUT2D eigenvalue weighted by Gasteiger charge is 2.26. The topological polar surface area (TPSA) is 83.0 Å². The first-order valence-electron chi connectivity index (χ1n) is 4.93. The number of methoxy groups -OCH3 is 1. The molecule has 0 spiro atoms. The Morgan fingerprint density at radius 1 is 1.69 bits per heavy atom. The van der Waals surface area contributed by atoms with Crippen LogP contribution in [-0.2, 0) is 11.3 Å². The van der Waals surface area contributed by atoms with E-state index in [2.05, 4.69) is 15.0 Å². The van der Waals surface area contributed by atoms with Gasteiger partial charge in [-0.25, -0.2) is 4.79 Å². The lowest BCUT2D eigenvalue weighted by atomic mass is 9.81. The van der Waals surface area contributed by atoms with Crippen molar-refractivity contribution >= 4 is 18.4 Å². The van der Waals surface area contributed by atoms with Crippen molar-refractivity contribution in [1.82, 2.24) is 15.0 Å². The lowest BCUT2D eigenvalue weighted by Crippen LogP contribution is -2.38. The molecule has 0 aliphatic heterocycles. The maximum atomic E-state index is 11.1. The second kappa shape index (κ2) is 5.27. The first kappa shape index (κ1) is 12.9. The Hall–Kier alpha value is -1.14. The maximum Gasteiger partial charge on any atom is 0.360 e. The van der Waals surface area contributed by atoms with Crippen LogP contribution in [-0.4, -0.2) is 34.1 Å². The van der Waals surface area contributed by atoms with Crippen LogP contribution in [0.2, 0.25) is 0 Å². The van der Waals surface area contributed by atoms with Gasteiger partial charge in [0.1, 0.15) is 0 Å². The molecule has 1 fully saturated rings. The second-order valence-electron chi connectivity index (χ2n) is 3.91. The number of halogens is 1. The van der Waals surface area contributed by atoms with E-state index >= 15 is 0 Å². The van der Waals surface area contributed by atoms with Crippen molar-refractivity contribution < 1.29 is 9.53 Å². The van der Waals surface area contributed by atoms with E-state index < -0.39 is 5.97 Å². The predicted molar refractivity (Wildman–Crippen MR) is 59.3 cm³/mol. The summed E-state index contributed by atoms with van der Waals surface area (Å²) in [6.45, 7) is 0.775. The van der Waals surface area contributed by atoms with Crippen LogP contribution in [0.15, 0.2) is 6.20 Å². The zero-order valence-corrected chi connectivity index (χ0v) is 9.81. The molecule has 0 bridgehead atoms. The molecule has 2 N–H and O–H groups in total. The average molecular weight is 247 g/mol. The summed E-state index contributed by atoms with van der Waals surface area (Å²) in [7, 11) is 1.33. The fourth-order valence-corrected chi connectivity index (χ4v) is 1.79. The van der Waals surface area contributed by atoms with E-state index in [1.807, 2.05) is 0 Å². The van der Waals surface area contributed by atoms with Crippen LogP contribution in [0.25, 0.3) is 0 Å². The van der Waals surface area contributed by atoms with Gasteiger partial charge in [-0.05, 0) is 18.8 Å². The predicted octanol–water partition coefficient (Wildman–Crippen LogP) is 0.224. The molecule has 1 aromatic heterocycles. The smallest absolute Gasteiger partial charge is 0.360 e. The van der Waals surface area contributed by atoms with E-state index in [-0.39, 0.29) is 18.1 Å². The van der Waals surface area contributed by atoms with Crippen LogP contribution < -0.4 is 5.73 Å². The average Bonchev–Trinajstić information content (AvgIpc) is 2.63. The van der Waals surface area contributed by atoms with E-state index in [1.165, 1.54) is 7.11 Å². The zero-order valence-electron chi connectivity index (χ0n) is 9.00. The number of rotatable bonds is 3. The first-order valence-corrected chi connectivity index (χ1v) is 4.93. The van der Waals surface area contributed by atoms with Crippen molar-refractivity contribution in [2.24, 2.45) is 11.7 Å². The van der Waals surface area contributed by atoms with Crippen molar-refractivity contribution in [2.45, 2.75) is 25.4 Å². The second-order valence-corrected chi connectivity index (χ2v) is 3.91. The third-order valence-corrected chi connectivity index (χ3v) is 2.65. The molecule has 1 saturated carbocycles. The molecule has 0 saturated heterocycles. The van der Waals surface area contributed by atoms with E-state index in [1.54, 1.807) is 10.9 Å². The van der Waals surface area contributed by atoms with Crippen LogP contribution in [0.1, 0.15) is 23.3 Å². The normalized spacial score (nSPS) is 23.1. The van der Waals surface area contributed by atoms with E-state index in [4.69, 9.17) is 5.73 Å². The molecule has 6 nitrogen and oxygen atoms in total. The number of carbonyl (C=O) groups excluding carboxylic acids is 1. The van der Waals surface area contributed by atoms with E-state index in [0.717, 1.165) is 19.4 Å². The number of hydrogen-bond acceptors (Lipinski definition) is 5. The minimum Gasteiger partial charge on any atom is -0.464 e. The van der Waals surface area contributed by atoms with Gasteiger partial charge >= 0.3 is 5.97 Å². The molecular weight excluding hydrogens is 232 g/mol. The monoisotopic (exact) mass is 246 g/mol. The molecule has 0 atom stereocenters. The molecule has 1 aliphatic carbocycles. The molecule has 90 valence electrons. The van der Waals surface area contributed by atoms with Gasteiger partial charge in [0, 0.05) is 12.6 Å². The molecule has 1 aromatic rings. The van der Waals surface area contributed by atoms with Crippen molar-refractivity contribution in [2.75, 3.05) is 7.11 Å². The molecule has 0 aromatic carbocycles. The van der Waals surface area contributed by atoms with Gasteiger partial charge in [-0.3, -0.25) is 4.68 Å². The lowest BCUT2D eigenvalue weighted by molar-refractivity contribution is 0.0594. The van der Waals surface area contributed by atoms with Crippen molar-refractivity contribution in [3.63, 3.8) is 0 Å². The van der Waals surface area contributed by atoms with E-state index in [9.17, 15) is 4.79 Å². The molecule has 0 amide bonds. The number of hydrogen-bond donors (Lipinski definition) is 1. The molecule has 7 heteroatoms. The number of esters is 1. The summed E-state index contributed by atoms with van der Waals surface area (Å²) in [5.41, 5.74) is 5.93. The van der Waals surface area contributed by atoms with Gasteiger partial charge < -0.3 is 10.5 Å². The number of aromatic nitrogens is 3. The largest absolute Gasteiger partial charge is 0.464 e. The van der Waals surface area contributed by atoms with Crippen LogP contribution in [0.4, 0.5) is 0 Å². The van der Waals surface area contributed by atoms with Gasteiger partial charge in [-0.2, -0.15) is 0 Å². The fraction of sp³-hybridized carbons (Fsp3) is 0.667. The summed E-state index contributed by atoms with van der Waals surface area (Å²) in [6.07, 6.45) is 3.65. The van der Waals surface area contributed by atoms with Crippen molar-refractivity contribution in [3.8, 4) is 0 Å². The van der Waals surface area contributed by atoms with Gasteiger partial charge in [-0.15, -0.1) is 17.5 Å². The summed E-state index contributed by atoms with van der Waals surface area (Å²) in [6, 6.07) is 0.332. The van der Waals surface area contributed by atoms with Crippen LogP contribution >= 0.6 is 12.4 Å². The molecular formula is C9H15ClN4O2. The SMILES string of the molecule is COC(=O)c1cn(CC2CC(N)C2)nn1.Cl. The Balaban J connectivity index is 0.00000128. The zero-order chi connectivity index (χ0) is 10.8. The van der Waals surface area contributed by atoms with Gasteiger partial charge in [0.25, 0.3) is 0 Å². The number of carbonyl (C=O) groups is 1. The summed E-state index contributed by atoms with van der Waals surface area (Å²) in [4.78, 5) is 11.1. The molecule has 1 aliphatic rings. The summed E-state index contributed by atoms with van der Waals surface area (Å²) >= 11 is 0. The van der Waals surface area contributed by atoms with E-state index in [0.29, 0.717) is 12.0 Å². The number of ether oxygens (including phenoxy) is 1. The Bertz CT molecular complexity index is 362. The Morgan fingerprint density at radius 3 is 2.94 bits per heavy atom. The standard InChI is InChI=1S/C9H14N4O2.ClH/c1-15-9(14)8-5-13(12-11-8)4-6-2-7(10)3-6;/h5-7H,2-4,10H2,1H3;1H. The maximum absolute atomic E-state index is 11.1. The Kier molecular flexibility index (Phi) is 4.26. The molecule has 0 unspecified atom stereocenters. The Labute approximate surface area is 99.5 Å². The van der Waals surface area contributed by atoms with Crippen molar-refractivity contribution in [1.29, 1.82) is 0 Å². The molecule has 0 radical (unpaired) electrons. The summed E-state index contributed by atoms with van der Waals surface area (Å²) in [5.74, 6) is 0.110. The summed E-state index contributed by atoms with van der Waals surface area (Å²) in [5, 5.41) is 7.58. The highest BCUT2D eigenvalue weighted by molar-refractivity contribution is 5.86. The van der Waals surface area contributed by atoms with Gasteiger partial charge in [0.05, 0.1) is 13.3 Å². The Morgan fingerprint density at radius 2 is 2.38 bits per heavy atom.